The minimum atomic E-state index is -0.988. The Morgan fingerprint density at radius 3 is 2.32 bits per heavy atom. The van der Waals surface area contributed by atoms with Crippen molar-refractivity contribution in [2.24, 2.45) is 0 Å². The molecule has 0 fully saturated rings. The van der Waals surface area contributed by atoms with Crippen molar-refractivity contribution in [3.63, 3.8) is 0 Å². The van der Waals surface area contributed by atoms with Crippen molar-refractivity contribution in [1.82, 2.24) is 0 Å². The predicted octanol–water partition coefficient (Wildman–Crippen LogP) is 4.67. The molecular weight excluding hydrogens is 316 g/mol. The Balaban J connectivity index is 2.08. The summed E-state index contributed by atoms with van der Waals surface area (Å²) in [5, 5.41) is 8.69. The van der Waals surface area contributed by atoms with Crippen LogP contribution in [-0.4, -0.2) is 18.2 Å². The molecule has 132 valence electrons. The second-order valence-corrected chi connectivity index (χ2v) is 6.82. The largest absolute Gasteiger partial charge is 0.493 e. The molecule has 0 saturated carbocycles. The van der Waals surface area contributed by atoms with E-state index in [4.69, 9.17) is 14.6 Å². The third-order valence-electron chi connectivity index (χ3n) is 3.82. The van der Waals surface area contributed by atoms with Crippen molar-refractivity contribution in [3.05, 3.63) is 65.2 Å². The van der Waals surface area contributed by atoms with E-state index in [0.29, 0.717) is 18.1 Å². The lowest BCUT2D eigenvalue weighted by atomic mass is 9.87. The molecule has 2 rings (SSSR count). The Labute approximate surface area is 148 Å². The van der Waals surface area contributed by atoms with Crippen molar-refractivity contribution in [2.75, 3.05) is 7.11 Å². The van der Waals surface area contributed by atoms with Crippen molar-refractivity contribution in [1.29, 1.82) is 0 Å². The first-order valence-electron chi connectivity index (χ1n) is 8.11. The minimum absolute atomic E-state index is 0.127. The van der Waals surface area contributed by atoms with Gasteiger partial charge in [-0.2, -0.15) is 0 Å². The van der Waals surface area contributed by atoms with Crippen LogP contribution in [0.1, 0.15) is 37.5 Å². The predicted molar refractivity (Wildman–Crippen MR) is 99.1 cm³/mol. The van der Waals surface area contributed by atoms with Gasteiger partial charge in [0.15, 0.2) is 11.5 Å². The fourth-order valence-electron chi connectivity index (χ4n) is 2.34. The number of ether oxygens (including phenoxy) is 2. The molecule has 25 heavy (non-hydrogen) atoms. The summed E-state index contributed by atoms with van der Waals surface area (Å²) in [5.74, 6) is 0.201. The molecule has 0 aromatic heterocycles. The molecule has 0 aliphatic carbocycles. The van der Waals surface area contributed by atoms with Gasteiger partial charge in [0.2, 0.25) is 0 Å². The molecular formula is C21H24O4. The fourth-order valence-corrected chi connectivity index (χ4v) is 2.34. The molecule has 0 aliphatic rings. The zero-order valence-electron chi connectivity index (χ0n) is 15.1. The maximum atomic E-state index is 10.6. The van der Waals surface area contributed by atoms with E-state index in [0.717, 1.165) is 17.2 Å². The van der Waals surface area contributed by atoms with E-state index >= 15 is 0 Å². The van der Waals surface area contributed by atoms with E-state index in [1.807, 2.05) is 0 Å². The summed E-state index contributed by atoms with van der Waals surface area (Å²) in [6, 6.07) is 13.7. The molecule has 2 aromatic carbocycles. The van der Waals surface area contributed by atoms with E-state index in [-0.39, 0.29) is 5.41 Å². The average molecular weight is 340 g/mol. The Morgan fingerprint density at radius 1 is 1.08 bits per heavy atom. The quantitative estimate of drug-likeness (QED) is 0.777. The molecule has 0 heterocycles. The number of aliphatic carboxylic acids is 1. The normalized spacial score (nSPS) is 11.5. The van der Waals surface area contributed by atoms with Gasteiger partial charge in [0, 0.05) is 6.08 Å². The molecule has 1 N–H and O–H groups in total. The van der Waals surface area contributed by atoms with Gasteiger partial charge in [-0.05, 0) is 40.3 Å². The highest BCUT2D eigenvalue weighted by atomic mass is 16.5. The van der Waals surface area contributed by atoms with Crippen molar-refractivity contribution in [2.45, 2.75) is 32.8 Å². The van der Waals surface area contributed by atoms with E-state index in [1.165, 1.54) is 11.6 Å². The Kier molecular flexibility index (Phi) is 5.86. The van der Waals surface area contributed by atoms with Crippen molar-refractivity contribution < 1.29 is 19.4 Å². The van der Waals surface area contributed by atoms with Crippen LogP contribution in [0.25, 0.3) is 6.08 Å². The zero-order chi connectivity index (χ0) is 18.4. The molecule has 0 bridgehead atoms. The van der Waals surface area contributed by atoms with Gasteiger partial charge in [-0.15, -0.1) is 0 Å². The highest BCUT2D eigenvalue weighted by molar-refractivity contribution is 5.85. The first-order chi connectivity index (χ1) is 11.8. The topological polar surface area (TPSA) is 55.8 Å². The van der Waals surface area contributed by atoms with Gasteiger partial charge < -0.3 is 14.6 Å². The summed E-state index contributed by atoms with van der Waals surface area (Å²) in [6.07, 6.45) is 2.60. The minimum Gasteiger partial charge on any atom is -0.493 e. The number of carboxylic acid groups (broad SMARTS) is 1. The molecule has 4 nitrogen and oxygen atoms in total. The number of hydrogen-bond acceptors (Lipinski definition) is 3. The van der Waals surface area contributed by atoms with Crippen molar-refractivity contribution in [3.8, 4) is 11.5 Å². The maximum Gasteiger partial charge on any atom is 0.328 e. The first kappa shape index (κ1) is 18.6. The number of hydrogen-bond donors (Lipinski definition) is 1. The standard InChI is InChI=1S/C21H24O4/c1-21(2,3)17-9-5-16(6-10-17)14-25-18-11-7-15(8-12-20(22)23)13-19(18)24-4/h5-13H,14H2,1-4H3,(H,22,23)/b12-8+. The van der Waals surface area contributed by atoms with Crippen LogP contribution in [-0.2, 0) is 16.8 Å². The maximum absolute atomic E-state index is 10.6. The van der Waals surface area contributed by atoms with Gasteiger partial charge >= 0.3 is 5.97 Å². The third-order valence-corrected chi connectivity index (χ3v) is 3.82. The summed E-state index contributed by atoms with van der Waals surface area (Å²) < 4.78 is 11.2. The summed E-state index contributed by atoms with van der Waals surface area (Å²) in [6.45, 7) is 6.99. The third kappa shape index (κ3) is 5.38. The van der Waals surface area contributed by atoms with Gasteiger partial charge in [-0.25, -0.2) is 4.79 Å². The molecule has 0 saturated heterocycles. The number of carbonyl (C=O) groups is 1. The SMILES string of the molecule is COc1cc(/C=C/C(=O)O)ccc1OCc1ccc(C(C)(C)C)cc1. The van der Waals surface area contributed by atoms with Crippen LogP contribution >= 0.6 is 0 Å². The zero-order valence-corrected chi connectivity index (χ0v) is 15.1. The fraction of sp³-hybridized carbons (Fsp3) is 0.286. The van der Waals surface area contributed by atoms with Gasteiger partial charge in [0.05, 0.1) is 7.11 Å². The molecule has 4 heteroatoms. The molecule has 0 spiro atoms. The smallest absolute Gasteiger partial charge is 0.328 e. The lowest BCUT2D eigenvalue weighted by Gasteiger charge is -2.19. The van der Waals surface area contributed by atoms with Crippen LogP contribution in [0, 0.1) is 0 Å². The second-order valence-electron chi connectivity index (χ2n) is 6.82. The number of methoxy groups -OCH3 is 1. The highest BCUT2D eigenvalue weighted by Gasteiger charge is 2.13. The van der Waals surface area contributed by atoms with Gasteiger partial charge in [-0.3, -0.25) is 0 Å². The first-order valence-corrected chi connectivity index (χ1v) is 8.11. The molecule has 0 atom stereocenters. The molecule has 0 aliphatic heterocycles. The molecule has 0 amide bonds. The van der Waals surface area contributed by atoms with Crippen LogP contribution in [0.2, 0.25) is 0 Å². The van der Waals surface area contributed by atoms with Crippen LogP contribution in [0.15, 0.2) is 48.5 Å². The van der Waals surface area contributed by atoms with E-state index < -0.39 is 5.97 Å². The summed E-state index contributed by atoms with van der Waals surface area (Å²) >= 11 is 0. The van der Waals surface area contributed by atoms with Crippen LogP contribution in [0.4, 0.5) is 0 Å². The van der Waals surface area contributed by atoms with Gasteiger partial charge in [0.1, 0.15) is 6.61 Å². The summed E-state index contributed by atoms with van der Waals surface area (Å²) in [5.41, 5.74) is 3.22. The van der Waals surface area contributed by atoms with Crippen LogP contribution in [0.5, 0.6) is 11.5 Å². The van der Waals surface area contributed by atoms with E-state index in [2.05, 4.69) is 45.0 Å². The van der Waals surface area contributed by atoms with Gasteiger partial charge in [0.25, 0.3) is 0 Å². The monoisotopic (exact) mass is 340 g/mol. The molecule has 2 aromatic rings. The lowest BCUT2D eigenvalue weighted by molar-refractivity contribution is -0.131. The molecule has 0 unspecified atom stereocenters. The Morgan fingerprint density at radius 2 is 1.76 bits per heavy atom. The number of benzene rings is 2. The second kappa shape index (κ2) is 7.88. The average Bonchev–Trinajstić information content (AvgIpc) is 2.58. The molecule has 0 radical (unpaired) electrons. The van der Waals surface area contributed by atoms with E-state index in [9.17, 15) is 4.79 Å². The highest BCUT2D eigenvalue weighted by Crippen LogP contribution is 2.29. The van der Waals surface area contributed by atoms with E-state index in [1.54, 1.807) is 25.3 Å². The Bertz CT molecular complexity index is 752. The number of rotatable bonds is 6. The van der Waals surface area contributed by atoms with Gasteiger partial charge in [-0.1, -0.05) is 51.1 Å². The Hall–Kier alpha value is -2.75. The van der Waals surface area contributed by atoms with Crippen LogP contribution in [0.3, 0.4) is 0 Å². The summed E-state index contributed by atoms with van der Waals surface area (Å²) in [7, 11) is 1.56. The van der Waals surface area contributed by atoms with Crippen molar-refractivity contribution >= 4 is 12.0 Å². The van der Waals surface area contributed by atoms with Crippen LogP contribution < -0.4 is 9.47 Å². The lowest BCUT2D eigenvalue weighted by Crippen LogP contribution is -2.10. The number of carboxylic acids is 1. The summed E-state index contributed by atoms with van der Waals surface area (Å²) in [4.78, 5) is 10.6.